The molecule has 0 aliphatic heterocycles. The van der Waals surface area contributed by atoms with E-state index in [1.165, 1.54) is 6.07 Å². The number of rotatable bonds is 9. The molecule has 0 aliphatic carbocycles. The van der Waals surface area contributed by atoms with E-state index in [0.717, 1.165) is 21.9 Å². The lowest BCUT2D eigenvalue weighted by atomic mass is 10.2. The first-order chi connectivity index (χ1) is 13.2. The average molecular weight is 425 g/mol. The number of anilines is 1. The first-order valence-corrected chi connectivity index (χ1v) is 11.2. The lowest BCUT2D eigenvalue weighted by Gasteiger charge is -2.30. The van der Waals surface area contributed by atoms with Crippen molar-refractivity contribution < 1.29 is 17.9 Å². The number of nitrogens with one attached hydrogen (secondary N) is 1. The zero-order valence-electron chi connectivity index (χ0n) is 16.2. The second-order valence-electron chi connectivity index (χ2n) is 6.42. The van der Waals surface area contributed by atoms with Gasteiger partial charge in [-0.15, -0.1) is 0 Å². The molecule has 28 heavy (non-hydrogen) atoms. The molecule has 0 aliphatic rings. The summed E-state index contributed by atoms with van der Waals surface area (Å²) in [4.78, 5) is 12.7. The van der Waals surface area contributed by atoms with E-state index in [1.807, 2.05) is 31.2 Å². The van der Waals surface area contributed by atoms with Crippen molar-refractivity contribution in [3.63, 3.8) is 0 Å². The largest absolute Gasteiger partial charge is 0.492 e. The fourth-order valence-corrected chi connectivity index (χ4v) is 4.23. The van der Waals surface area contributed by atoms with Gasteiger partial charge < -0.3 is 10.1 Å². The molecule has 1 N–H and O–H groups in total. The van der Waals surface area contributed by atoms with Crippen LogP contribution in [0.25, 0.3) is 0 Å². The monoisotopic (exact) mass is 424 g/mol. The lowest BCUT2D eigenvalue weighted by Crippen LogP contribution is -2.50. The molecule has 0 fully saturated rings. The summed E-state index contributed by atoms with van der Waals surface area (Å²) in [6.07, 6.45) is 1.38. The highest BCUT2D eigenvalue weighted by Gasteiger charge is 2.31. The van der Waals surface area contributed by atoms with Gasteiger partial charge >= 0.3 is 0 Å². The number of halogens is 1. The highest BCUT2D eigenvalue weighted by atomic mass is 35.5. The topological polar surface area (TPSA) is 75.7 Å². The van der Waals surface area contributed by atoms with Gasteiger partial charge in [-0.3, -0.25) is 9.10 Å². The summed E-state index contributed by atoms with van der Waals surface area (Å²) in [5.74, 6) is 0.332. The number of benzene rings is 2. The molecule has 2 aromatic carbocycles. The van der Waals surface area contributed by atoms with E-state index in [-0.39, 0.29) is 19.1 Å². The third kappa shape index (κ3) is 6.14. The molecule has 0 bridgehead atoms. The van der Waals surface area contributed by atoms with E-state index in [9.17, 15) is 13.2 Å². The Labute approximate surface area is 171 Å². The maximum atomic E-state index is 12.7. The molecule has 1 unspecified atom stereocenters. The Morgan fingerprint density at radius 3 is 2.54 bits per heavy atom. The Kier molecular flexibility index (Phi) is 7.71. The van der Waals surface area contributed by atoms with Gasteiger partial charge in [-0.25, -0.2) is 8.42 Å². The minimum absolute atomic E-state index is 0.260. The van der Waals surface area contributed by atoms with Crippen molar-refractivity contribution in [1.82, 2.24) is 5.32 Å². The van der Waals surface area contributed by atoms with E-state index in [4.69, 9.17) is 16.3 Å². The Hall–Kier alpha value is -2.25. The zero-order valence-corrected chi connectivity index (χ0v) is 17.8. The smallest absolute Gasteiger partial charge is 0.244 e. The van der Waals surface area contributed by atoms with Crippen molar-refractivity contribution in [1.29, 1.82) is 0 Å². The predicted molar refractivity (Wildman–Crippen MR) is 113 cm³/mol. The molecule has 1 atom stereocenters. The molecular weight excluding hydrogens is 400 g/mol. The van der Waals surface area contributed by atoms with Crippen LogP contribution in [0.5, 0.6) is 5.75 Å². The second-order valence-corrected chi connectivity index (χ2v) is 8.71. The maximum absolute atomic E-state index is 12.7. The normalized spacial score (nSPS) is 12.3. The van der Waals surface area contributed by atoms with E-state index in [0.29, 0.717) is 17.1 Å². The summed E-state index contributed by atoms with van der Waals surface area (Å²) >= 11 is 6.00. The lowest BCUT2D eigenvalue weighted by molar-refractivity contribution is -0.122. The summed E-state index contributed by atoms with van der Waals surface area (Å²) < 4.78 is 31.5. The van der Waals surface area contributed by atoms with Gasteiger partial charge in [0.25, 0.3) is 0 Å². The van der Waals surface area contributed by atoms with Crippen LogP contribution >= 0.6 is 11.6 Å². The first-order valence-electron chi connectivity index (χ1n) is 8.94. The third-order valence-corrected chi connectivity index (χ3v) is 5.47. The number of nitrogens with zero attached hydrogens (tertiary/aromatic N) is 1. The molecular formula is C20H25ClN2O4S. The number of carbonyl (C=O) groups is 1. The van der Waals surface area contributed by atoms with Crippen molar-refractivity contribution in [2.45, 2.75) is 26.3 Å². The van der Waals surface area contributed by atoms with Gasteiger partial charge in [0.05, 0.1) is 18.5 Å². The van der Waals surface area contributed by atoms with Crippen LogP contribution in [-0.4, -0.2) is 39.8 Å². The molecule has 152 valence electrons. The number of amides is 1. The van der Waals surface area contributed by atoms with Crippen LogP contribution in [0.4, 0.5) is 5.69 Å². The molecule has 2 aromatic rings. The Balaban J connectivity index is 2.05. The van der Waals surface area contributed by atoms with Crippen molar-refractivity contribution in [2.75, 3.05) is 23.7 Å². The molecule has 6 nitrogen and oxygen atoms in total. The first kappa shape index (κ1) is 22.0. The number of carbonyl (C=O) groups excluding carboxylic acids is 1. The van der Waals surface area contributed by atoms with Gasteiger partial charge in [0.2, 0.25) is 15.9 Å². The second kappa shape index (κ2) is 9.80. The standard InChI is InChI=1S/C20H25ClN2O4S/c1-4-19(23(28(3,25)26)17-9-6-8-16(21)14-17)20(24)22-11-12-27-18-10-5-7-15(2)13-18/h5-10,13-14,19H,4,11-12H2,1-3H3,(H,22,24). The van der Waals surface area contributed by atoms with Crippen molar-refractivity contribution in [2.24, 2.45) is 0 Å². The van der Waals surface area contributed by atoms with Crippen LogP contribution in [0.3, 0.4) is 0 Å². The molecule has 0 saturated carbocycles. The van der Waals surface area contributed by atoms with Crippen LogP contribution in [0.15, 0.2) is 48.5 Å². The molecule has 2 rings (SSSR count). The van der Waals surface area contributed by atoms with E-state index in [2.05, 4.69) is 5.32 Å². The highest BCUT2D eigenvalue weighted by Crippen LogP contribution is 2.25. The van der Waals surface area contributed by atoms with Crippen LogP contribution in [0.1, 0.15) is 18.9 Å². The van der Waals surface area contributed by atoms with Crippen LogP contribution in [0.2, 0.25) is 5.02 Å². The fraction of sp³-hybridized carbons (Fsp3) is 0.350. The Morgan fingerprint density at radius 1 is 1.21 bits per heavy atom. The molecule has 0 heterocycles. The summed E-state index contributed by atoms with van der Waals surface area (Å²) in [6, 6.07) is 13.2. The minimum Gasteiger partial charge on any atom is -0.492 e. The van der Waals surface area contributed by atoms with Crippen LogP contribution < -0.4 is 14.4 Å². The maximum Gasteiger partial charge on any atom is 0.244 e. The number of hydrogen-bond acceptors (Lipinski definition) is 4. The van der Waals surface area contributed by atoms with Crippen molar-refractivity contribution >= 4 is 33.2 Å². The molecule has 0 spiro atoms. The zero-order chi connectivity index (χ0) is 20.7. The number of ether oxygens (including phenoxy) is 1. The van der Waals surface area contributed by atoms with E-state index >= 15 is 0 Å². The Bertz CT molecular complexity index is 918. The van der Waals surface area contributed by atoms with Gasteiger partial charge in [0.15, 0.2) is 0 Å². The SMILES string of the molecule is CCC(C(=O)NCCOc1cccc(C)c1)N(c1cccc(Cl)c1)S(C)(=O)=O. The van der Waals surface area contributed by atoms with E-state index < -0.39 is 16.1 Å². The van der Waals surface area contributed by atoms with Gasteiger partial charge in [-0.1, -0.05) is 36.7 Å². The molecule has 0 aromatic heterocycles. The minimum atomic E-state index is -3.69. The van der Waals surface area contributed by atoms with Crippen molar-refractivity contribution in [3.8, 4) is 5.75 Å². The van der Waals surface area contributed by atoms with Crippen molar-refractivity contribution in [3.05, 3.63) is 59.1 Å². The molecule has 1 amide bonds. The quantitative estimate of drug-likeness (QED) is 0.626. The summed E-state index contributed by atoms with van der Waals surface area (Å²) in [5.41, 5.74) is 1.44. The Morgan fingerprint density at radius 2 is 1.93 bits per heavy atom. The number of sulfonamides is 1. The molecule has 0 radical (unpaired) electrons. The molecule has 0 saturated heterocycles. The van der Waals surface area contributed by atoms with E-state index in [1.54, 1.807) is 25.1 Å². The van der Waals surface area contributed by atoms with Gasteiger partial charge in [0, 0.05) is 5.02 Å². The van der Waals surface area contributed by atoms with Gasteiger partial charge in [-0.2, -0.15) is 0 Å². The van der Waals surface area contributed by atoms with Crippen LogP contribution in [0, 0.1) is 6.92 Å². The van der Waals surface area contributed by atoms with Gasteiger partial charge in [-0.05, 0) is 49.2 Å². The highest BCUT2D eigenvalue weighted by molar-refractivity contribution is 7.92. The summed E-state index contributed by atoms with van der Waals surface area (Å²) in [6.45, 7) is 4.27. The molecule has 8 heteroatoms. The van der Waals surface area contributed by atoms with Gasteiger partial charge in [0.1, 0.15) is 18.4 Å². The van der Waals surface area contributed by atoms with Crippen LogP contribution in [-0.2, 0) is 14.8 Å². The summed E-state index contributed by atoms with van der Waals surface area (Å²) in [5, 5.41) is 3.15. The number of aryl methyl sites for hydroxylation is 1. The average Bonchev–Trinajstić information content (AvgIpc) is 2.62. The summed E-state index contributed by atoms with van der Waals surface area (Å²) in [7, 11) is -3.69. The third-order valence-electron chi connectivity index (χ3n) is 4.05. The number of hydrogen-bond donors (Lipinski definition) is 1. The fourth-order valence-electron chi connectivity index (χ4n) is 2.84. The predicted octanol–water partition coefficient (Wildman–Crippen LogP) is 3.39.